The van der Waals surface area contributed by atoms with E-state index in [1.165, 1.54) is 17.0 Å². The minimum absolute atomic E-state index is 0.195. The second kappa shape index (κ2) is 5.69. The molecule has 1 aromatic rings. The summed E-state index contributed by atoms with van der Waals surface area (Å²) < 4.78 is 0. The lowest BCUT2D eigenvalue weighted by Crippen LogP contribution is -2.34. The zero-order chi connectivity index (χ0) is 14.1. The number of carbonyl (C=O) groups is 1. The maximum absolute atomic E-state index is 12.0. The largest absolute Gasteiger partial charge is 0.344 e. The highest BCUT2D eigenvalue weighted by molar-refractivity contribution is 7.15. The van der Waals surface area contributed by atoms with E-state index in [4.69, 9.17) is 4.98 Å². The van der Waals surface area contributed by atoms with Crippen LogP contribution in [0.3, 0.4) is 0 Å². The summed E-state index contributed by atoms with van der Waals surface area (Å²) in [6, 6.07) is 0.383. The molecular formula is C14H22N4OS. The van der Waals surface area contributed by atoms with Gasteiger partial charge in [-0.3, -0.25) is 4.79 Å². The van der Waals surface area contributed by atoms with E-state index in [2.05, 4.69) is 10.2 Å². The molecule has 0 saturated carbocycles. The predicted octanol–water partition coefficient (Wildman–Crippen LogP) is 1.41. The van der Waals surface area contributed by atoms with Gasteiger partial charge < -0.3 is 15.1 Å². The fraction of sp³-hybridized carbons (Fsp3) is 0.714. The number of aryl methyl sites for hydroxylation is 1. The molecular weight excluding hydrogens is 272 g/mol. The maximum atomic E-state index is 12.0. The Kier molecular flexibility index (Phi) is 3.94. The highest BCUT2D eigenvalue weighted by Crippen LogP contribution is 2.36. The van der Waals surface area contributed by atoms with E-state index in [0.717, 1.165) is 37.5 Å². The number of likely N-dealkylation sites (N-methyl/N-ethyl adjacent to an activating group) is 1. The second-order valence-electron chi connectivity index (χ2n) is 5.63. The quantitative estimate of drug-likeness (QED) is 0.896. The number of hydrogen-bond acceptors (Lipinski definition) is 5. The van der Waals surface area contributed by atoms with Gasteiger partial charge in [0.15, 0.2) is 5.13 Å². The van der Waals surface area contributed by atoms with Crippen molar-refractivity contribution in [2.75, 3.05) is 38.6 Å². The monoisotopic (exact) mass is 294 g/mol. The molecule has 1 unspecified atom stereocenters. The van der Waals surface area contributed by atoms with Crippen molar-refractivity contribution < 1.29 is 4.79 Å². The lowest BCUT2D eigenvalue weighted by atomic mass is 9.98. The second-order valence-corrected chi connectivity index (χ2v) is 6.69. The number of carbonyl (C=O) groups excluding carboxylic acids is 1. The minimum atomic E-state index is 0.195. The van der Waals surface area contributed by atoms with Crippen molar-refractivity contribution in [1.29, 1.82) is 0 Å². The van der Waals surface area contributed by atoms with Gasteiger partial charge in [0.2, 0.25) is 5.91 Å². The number of nitrogens with zero attached hydrogens (tertiary/aromatic N) is 3. The van der Waals surface area contributed by atoms with Crippen molar-refractivity contribution in [2.24, 2.45) is 0 Å². The van der Waals surface area contributed by atoms with Crippen molar-refractivity contribution >= 4 is 22.4 Å². The van der Waals surface area contributed by atoms with Crippen molar-refractivity contribution in [3.8, 4) is 0 Å². The molecule has 1 amide bonds. The van der Waals surface area contributed by atoms with Crippen molar-refractivity contribution in [1.82, 2.24) is 15.2 Å². The van der Waals surface area contributed by atoms with Gasteiger partial charge in [0.25, 0.3) is 0 Å². The van der Waals surface area contributed by atoms with E-state index in [1.807, 2.05) is 19.0 Å². The molecule has 1 aliphatic heterocycles. The number of anilines is 1. The first-order valence-corrected chi connectivity index (χ1v) is 8.16. The zero-order valence-corrected chi connectivity index (χ0v) is 13.0. The first kappa shape index (κ1) is 13.8. The van der Waals surface area contributed by atoms with E-state index >= 15 is 0 Å². The van der Waals surface area contributed by atoms with Gasteiger partial charge in [-0.15, -0.1) is 11.3 Å². The summed E-state index contributed by atoms with van der Waals surface area (Å²) in [4.78, 5) is 22.2. The normalized spacial score (nSPS) is 23.7. The third-order valence-corrected chi connectivity index (χ3v) is 5.43. The summed E-state index contributed by atoms with van der Waals surface area (Å²) >= 11 is 1.78. The number of aromatic nitrogens is 1. The lowest BCUT2D eigenvalue weighted by Gasteiger charge is -2.20. The van der Waals surface area contributed by atoms with Crippen LogP contribution >= 0.6 is 11.3 Å². The molecule has 2 heterocycles. The number of amides is 1. The molecule has 3 rings (SSSR count). The molecule has 6 heteroatoms. The van der Waals surface area contributed by atoms with Crippen LogP contribution in [0.1, 0.15) is 35.9 Å². The van der Waals surface area contributed by atoms with Gasteiger partial charge in [-0.05, 0) is 32.7 Å². The molecule has 1 aromatic heterocycles. The SMILES string of the molecule is CNC1CCCc2sc(N3CCCN(C)C(=O)C3)nc21. The number of nitrogens with one attached hydrogen (secondary N) is 1. The molecule has 1 saturated heterocycles. The van der Waals surface area contributed by atoms with Gasteiger partial charge in [0.05, 0.1) is 18.3 Å². The number of thiazole rings is 1. The number of hydrogen-bond donors (Lipinski definition) is 1. The van der Waals surface area contributed by atoms with Gasteiger partial charge in [0, 0.05) is 25.0 Å². The molecule has 0 bridgehead atoms. The maximum Gasteiger partial charge on any atom is 0.241 e. The van der Waals surface area contributed by atoms with E-state index in [-0.39, 0.29) is 5.91 Å². The molecule has 0 radical (unpaired) electrons. The summed E-state index contributed by atoms with van der Waals surface area (Å²) in [6.45, 7) is 2.24. The molecule has 20 heavy (non-hydrogen) atoms. The highest BCUT2D eigenvalue weighted by atomic mass is 32.1. The van der Waals surface area contributed by atoms with Crippen LogP contribution in [0.5, 0.6) is 0 Å². The summed E-state index contributed by atoms with van der Waals surface area (Å²) in [7, 11) is 3.89. The average molecular weight is 294 g/mol. The Morgan fingerprint density at radius 3 is 3.00 bits per heavy atom. The average Bonchev–Trinajstić information content (AvgIpc) is 2.82. The highest BCUT2D eigenvalue weighted by Gasteiger charge is 2.27. The Hall–Kier alpha value is -1.14. The summed E-state index contributed by atoms with van der Waals surface area (Å²) in [5.74, 6) is 0.195. The topological polar surface area (TPSA) is 48.5 Å². The molecule has 2 aliphatic rings. The first-order chi connectivity index (χ1) is 9.69. The Morgan fingerprint density at radius 1 is 1.35 bits per heavy atom. The first-order valence-electron chi connectivity index (χ1n) is 7.35. The van der Waals surface area contributed by atoms with E-state index in [0.29, 0.717) is 12.6 Å². The summed E-state index contributed by atoms with van der Waals surface area (Å²) in [6.07, 6.45) is 4.53. The molecule has 0 aromatic carbocycles. The minimum Gasteiger partial charge on any atom is -0.344 e. The fourth-order valence-corrected chi connectivity index (χ4v) is 4.16. The van der Waals surface area contributed by atoms with Gasteiger partial charge in [-0.25, -0.2) is 4.98 Å². The Balaban J connectivity index is 1.84. The summed E-state index contributed by atoms with van der Waals surface area (Å²) in [5, 5.41) is 4.38. The third kappa shape index (κ3) is 2.54. The molecule has 1 aliphatic carbocycles. The molecule has 1 fully saturated rings. The van der Waals surface area contributed by atoms with Crippen molar-refractivity contribution in [2.45, 2.75) is 31.7 Å². The summed E-state index contributed by atoms with van der Waals surface area (Å²) in [5.41, 5.74) is 1.21. The van der Waals surface area contributed by atoms with Crippen LogP contribution in [0, 0.1) is 0 Å². The van der Waals surface area contributed by atoms with E-state index in [9.17, 15) is 4.79 Å². The molecule has 0 spiro atoms. The van der Waals surface area contributed by atoms with Crippen LogP contribution in [-0.4, -0.2) is 49.5 Å². The van der Waals surface area contributed by atoms with E-state index in [1.54, 1.807) is 11.3 Å². The Bertz CT molecular complexity index is 501. The van der Waals surface area contributed by atoms with Gasteiger partial charge in [-0.2, -0.15) is 0 Å². The number of rotatable bonds is 2. The van der Waals surface area contributed by atoms with Crippen molar-refractivity contribution in [3.63, 3.8) is 0 Å². The molecule has 1 atom stereocenters. The standard InChI is InChI=1S/C14H22N4OS/c1-15-10-5-3-6-11-13(10)16-14(20-11)18-8-4-7-17(2)12(19)9-18/h10,15H,3-9H2,1-2H3. The third-order valence-electron chi connectivity index (χ3n) is 4.24. The Morgan fingerprint density at radius 2 is 2.20 bits per heavy atom. The van der Waals surface area contributed by atoms with Gasteiger partial charge in [0.1, 0.15) is 0 Å². The van der Waals surface area contributed by atoms with Gasteiger partial charge in [-0.1, -0.05) is 0 Å². The van der Waals surface area contributed by atoms with Crippen LogP contribution in [0.4, 0.5) is 5.13 Å². The molecule has 1 N–H and O–H groups in total. The van der Waals surface area contributed by atoms with Crippen LogP contribution in [0.2, 0.25) is 0 Å². The van der Waals surface area contributed by atoms with Crippen LogP contribution < -0.4 is 10.2 Å². The van der Waals surface area contributed by atoms with Crippen molar-refractivity contribution in [3.05, 3.63) is 10.6 Å². The van der Waals surface area contributed by atoms with E-state index < -0.39 is 0 Å². The van der Waals surface area contributed by atoms with Crippen LogP contribution in [0.25, 0.3) is 0 Å². The lowest BCUT2D eigenvalue weighted by molar-refractivity contribution is -0.127. The molecule has 110 valence electrons. The zero-order valence-electron chi connectivity index (χ0n) is 12.2. The Labute approximate surface area is 124 Å². The van der Waals surface area contributed by atoms with Crippen LogP contribution in [0.15, 0.2) is 0 Å². The fourth-order valence-electron chi connectivity index (χ4n) is 2.97. The van der Waals surface area contributed by atoms with Crippen LogP contribution in [-0.2, 0) is 11.2 Å². The predicted molar refractivity (Wildman–Crippen MR) is 81.3 cm³/mol. The molecule has 5 nitrogen and oxygen atoms in total. The van der Waals surface area contributed by atoms with Gasteiger partial charge >= 0.3 is 0 Å². The number of fused-ring (bicyclic) bond motifs is 1. The smallest absolute Gasteiger partial charge is 0.241 e.